The van der Waals surface area contributed by atoms with E-state index in [1.165, 1.54) is 11.1 Å². The van der Waals surface area contributed by atoms with E-state index in [0.717, 1.165) is 17.0 Å². The van der Waals surface area contributed by atoms with E-state index in [2.05, 4.69) is 62.1 Å². The Balaban J connectivity index is 1.72. The van der Waals surface area contributed by atoms with Crippen molar-refractivity contribution in [3.63, 3.8) is 0 Å². The summed E-state index contributed by atoms with van der Waals surface area (Å²) in [6, 6.07) is 14.8. The van der Waals surface area contributed by atoms with Gasteiger partial charge in [-0.15, -0.1) is 0 Å². The second kappa shape index (κ2) is 6.49. The lowest BCUT2D eigenvalue weighted by atomic mass is 9.87. The molecule has 1 aromatic carbocycles. The molecular formula is C19H24N4S. The molecule has 0 fully saturated rings. The van der Waals surface area contributed by atoms with E-state index < -0.39 is 0 Å². The molecule has 4 nitrogen and oxygen atoms in total. The van der Waals surface area contributed by atoms with E-state index in [1.54, 1.807) is 0 Å². The number of hydrogen-bond donors (Lipinski definition) is 0. The van der Waals surface area contributed by atoms with Crippen LogP contribution in [0.2, 0.25) is 0 Å². The number of hydrogen-bond acceptors (Lipinski definition) is 3. The van der Waals surface area contributed by atoms with E-state index in [-0.39, 0.29) is 5.41 Å². The SMILES string of the molecule is CN(Cc1ccc(C(C)(C)C)cc1)Cn1nc2ccccn2c1=S. The van der Waals surface area contributed by atoms with Gasteiger partial charge in [0.1, 0.15) is 0 Å². The molecule has 0 aliphatic heterocycles. The molecule has 3 aromatic rings. The molecule has 0 bridgehead atoms. The number of aromatic nitrogens is 3. The summed E-state index contributed by atoms with van der Waals surface area (Å²) >= 11 is 5.50. The average molecular weight is 340 g/mol. The fraction of sp³-hybridized carbons (Fsp3) is 0.368. The molecule has 5 heteroatoms. The highest BCUT2D eigenvalue weighted by atomic mass is 32.1. The van der Waals surface area contributed by atoms with Gasteiger partial charge in [0, 0.05) is 12.7 Å². The average Bonchev–Trinajstić information content (AvgIpc) is 2.83. The number of rotatable bonds is 4. The molecule has 0 aliphatic carbocycles. The minimum Gasteiger partial charge on any atom is -0.283 e. The summed E-state index contributed by atoms with van der Waals surface area (Å²) in [5.41, 5.74) is 3.72. The zero-order valence-corrected chi connectivity index (χ0v) is 15.5. The van der Waals surface area contributed by atoms with Crippen LogP contribution in [0.1, 0.15) is 31.9 Å². The van der Waals surface area contributed by atoms with Crippen molar-refractivity contribution >= 4 is 17.9 Å². The largest absolute Gasteiger partial charge is 0.283 e. The summed E-state index contributed by atoms with van der Waals surface area (Å²) in [4.78, 5) is 2.22. The first kappa shape index (κ1) is 16.9. The van der Waals surface area contributed by atoms with Gasteiger partial charge < -0.3 is 0 Å². The maximum atomic E-state index is 5.50. The van der Waals surface area contributed by atoms with Crippen molar-refractivity contribution in [2.24, 2.45) is 0 Å². The number of fused-ring (bicyclic) bond motifs is 1. The minimum absolute atomic E-state index is 0.189. The lowest BCUT2D eigenvalue weighted by Gasteiger charge is -2.20. The van der Waals surface area contributed by atoms with Gasteiger partial charge in [-0.3, -0.25) is 9.30 Å². The van der Waals surface area contributed by atoms with E-state index >= 15 is 0 Å². The highest BCUT2D eigenvalue weighted by molar-refractivity contribution is 7.71. The van der Waals surface area contributed by atoms with Gasteiger partial charge >= 0.3 is 0 Å². The zero-order valence-electron chi connectivity index (χ0n) is 14.7. The van der Waals surface area contributed by atoms with Crippen LogP contribution in [0.25, 0.3) is 5.65 Å². The monoisotopic (exact) mass is 340 g/mol. The second-order valence-corrected chi connectivity index (χ2v) is 7.68. The Kier molecular flexibility index (Phi) is 4.56. The van der Waals surface area contributed by atoms with Crippen LogP contribution >= 0.6 is 12.2 Å². The molecule has 0 saturated heterocycles. The molecule has 126 valence electrons. The van der Waals surface area contributed by atoms with Crippen molar-refractivity contribution in [3.05, 3.63) is 64.6 Å². The van der Waals surface area contributed by atoms with Gasteiger partial charge in [-0.05, 0) is 47.9 Å². The van der Waals surface area contributed by atoms with E-state index in [1.807, 2.05) is 33.5 Å². The normalized spacial score (nSPS) is 12.2. The van der Waals surface area contributed by atoms with Crippen LogP contribution in [0, 0.1) is 4.77 Å². The summed E-state index contributed by atoms with van der Waals surface area (Å²) in [5.74, 6) is 0. The third-order valence-corrected chi connectivity index (χ3v) is 4.54. The van der Waals surface area contributed by atoms with Gasteiger partial charge in [0.15, 0.2) is 5.65 Å². The van der Waals surface area contributed by atoms with Crippen molar-refractivity contribution in [1.29, 1.82) is 0 Å². The highest BCUT2D eigenvalue weighted by Crippen LogP contribution is 2.22. The first-order chi connectivity index (χ1) is 11.3. The van der Waals surface area contributed by atoms with Crippen molar-refractivity contribution in [2.45, 2.75) is 39.4 Å². The Hall–Kier alpha value is -1.98. The zero-order chi connectivity index (χ0) is 17.3. The molecule has 0 N–H and O–H groups in total. The van der Waals surface area contributed by atoms with Crippen LogP contribution in [0.5, 0.6) is 0 Å². The number of benzene rings is 1. The van der Waals surface area contributed by atoms with Gasteiger partial charge in [0.2, 0.25) is 4.77 Å². The molecule has 24 heavy (non-hydrogen) atoms. The molecule has 3 rings (SSSR count). The summed E-state index contributed by atoms with van der Waals surface area (Å²) in [6.07, 6.45) is 1.95. The quantitative estimate of drug-likeness (QED) is 0.664. The van der Waals surface area contributed by atoms with Crippen molar-refractivity contribution < 1.29 is 0 Å². The van der Waals surface area contributed by atoms with Crippen molar-refractivity contribution in [2.75, 3.05) is 7.05 Å². The van der Waals surface area contributed by atoms with Gasteiger partial charge in [-0.2, -0.15) is 5.10 Å². The minimum atomic E-state index is 0.189. The fourth-order valence-corrected chi connectivity index (χ4v) is 3.01. The predicted molar refractivity (Wildman–Crippen MR) is 101 cm³/mol. The van der Waals surface area contributed by atoms with Gasteiger partial charge in [0.25, 0.3) is 0 Å². The molecular weight excluding hydrogens is 316 g/mol. The Morgan fingerprint density at radius 1 is 1.08 bits per heavy atom. The molecule has 2 aromatic heterocycles. The number of nitrogens with zero attached hydrogens (tertiary/aromatic N) is 4. The fourth-order valence-electron chi connectivity index (χ4n) is 2.76. The summed E-state index contributed by atoms with van der Waals surface area (Å²) in [6.45, 7) is 8.24. The highest BCUT2D eigenvalue weighted by Gasteiger charge is 2.13. The van der Waals surface area contributed by atoms with Gasteiger partial charge in [0.05, 0.1) is 6.67 Å². The number of pyridine rings is 1. The molecule has 0 atom stereocenters. The second-order valence-electron chi connectivity index (χ2n) is 7.31. The van der Waals surface area contributed by atoms with Crippen LogP contribution in [-0.4, -0.2) is 26.1 Å². The third-order valence-electron chi connectivity index (χ3n) is 4.14. The predicted octanol–water partition coefficient (Wildman–Crippen LogP) is 4.25. The van der Waals surface area contributed by atoms with Crippen LogP contribution in [0.4, 0.5) is 0 Å². The van der Waals surface area contributed by atoms with Crippen LogP contribution in [-0.2, 0) is 18.6 Å². The molecule has 0 radical (unpaired) electrons. The van der Waals surface area contributed by atoms with Crippen LogP contribution < -0.4 is 0 Å². The standard InChI is InChI=1S/C19H24N4S/c1-19(2,3)16-10-8-15(9-11-16)13-21(4)14-23-18(24)22-12-6-5-7-17(22)20-23/h5-12H,13-14H2,1-4H3. The van der Waals surface area contributed by atoms with Crippen LogP contribution in [0.15, 0.2) is 48.7 Å². The van der Waals surface area contributed by atoms with Gasteiger partial charge in [-0.25, -0.2) is 4.68 Å². The first-order valence-corrected chi connectivity index (χ1v) is 8.57. The first-order valence-electron chi connectivity index (χ1n) is 8.17. The van der Waals surface area contributed by atoms with Crippen molar-refractivity contribution in [3.8, 4) is 0 Å². The maximum Gasteiger partial charge on any atom is 0.203 e. The summed E-state index contributed by atoms with van der Waals surface area (Å²) in [5, 5.41) is 4.57. The molecule has 0 saturated carbocycles. The Morgan fingerprint density at radius 3 is 2.42 bits per heavy atom. The smallest absolute Gasteiger partial charge is 0.203 e. The summed E-state index contributed by atoms with van der Waals surface area (Å²) in [7, 11) is 2.09. The van der Waals surface area contributed by atoms with E-state index in [0.29, 0.717) is 6.67 Å². The molecule has 2 heterocycles. The Labute approximate surface area is 148 Å². The molecule has 0 amide bonds. The summed E-state index contributed by atoms with van der Waals surface area (Å²) < 4.78 is 4.52. The lowest BCUT2D eigenvalue weighted by Crippen LogP contribution is -2.22. The Morgan fingerprint density at radius 2 is 1.79 bits per heavy atom. The third kappa shape index (κ3) is 3.57. The topological polar surface area (TPSA) is 25.5 Å². The molecule has 0 spiro atoms. The van der Waals surface area contributed by atoms with Crippen LogP contribution in [0.3, 0.4) is 0 Å². The maximum absolute atomic E-state index is 5.50. The van der Waals surface area contributed by atoms with Crippen molar-refractivity contribution in [1.82, 2.24) is 19.1 Å². The van der Waals surface area contributed by atoms with Gasteiger partial charge in [-0.1, -0.05) is 51.1 Å². The molecule has 0 aliphatic rings. The van der Waals surface area contributed by atoms with E-state index in [4.69, 9.17) is 12.2 Å². The Bertz CT molecular complexity index is 884. The lowest BCUT2D eigenvalue weighted by molar-refractivity contribution is 0.244. The molecule has 0 unspecified atom stereocenters. The van der Waals surface area contributed by atoms with E-state index in [9.17, 15) is 0 Å².